The fourth-order valence-electron chi connectivity index (χ4n) is 5.09. The van der Waals surface area contributed by atoms with Gasteiger partial charge in [0, 0.05) is 31.8 Å². The number of rotatable bonds is 8. The summed E-state index contributed by atoms with van der Waals surface area (Å²) in [6, 6.07) is 4.03. The van der Waals surface area contributed by atoms with E-state index in [9.17, 15) is 0 Å². The molecule has 1 heterocycles. The molecule has 1 aliphatic heterocycles. The molecular weight excluding hydrogens is 370 g/mol. The summed E-state index contributed by atoms with van der Waals surface area (Å²) in [6.45, 7) is 3.51. The normalized spacial score (nSPS) is 25.8. The average molecular weight is 402 g/mol. The monoisotopic (exact) mass is 401 g/mol. The summed E-state index contributed by atoms with van der Waals surface area (Å²) in [5, 5.41) is 0. The predicted molar refractivity (Wildman–Crippen MR) is 111 cm³/mol. The largest absolute Gasteiger partial charge is 0.493 e. The molecule has 0 fully saturated rings. The Labute approximate surface area is 173 Å². The molecule has 1 aromatic carbocycles. The van der Waals surface area contributed by atoms with Gasteiger partial charge in [0.15, 0.2) is 17.6 Å². The number of ether oxygens (including phenoxy) is 5. The topological polar surface area (TPSA) is 49.4 Å². The van der Waals surface area contributed by atoms with Crippen molar-refractivity contribution in [2.45, 2.75) is 37.1 Å². The highest BCUT2D eigenvalue weighted by Crippen LogP contribution is 2.63. The molecule has 0 saturated heterocycles. The highest BCUT2D eigenvalue weighted by Gasteiger charge is 2.65. The molecule has 0 aromatic heterocycles. The lowest BCUT2D eigenvalue weighted by molar-refractivity contribution is -0.261. The first-order valence-electron chi connectivity index (χ1n) is 10.2. The lowest BCUT2D eigenvalue weighted by atomic mass is 9.60. The van der Waals surface area contributed by atoms with E-state index < -0.39 is 11.2 Å². The minimum absolute atomic E-state index is 0.325. The fraction of sp³-hybridized carbons (Fsp3) is 0.565. The standard InChI is InChI=1S/C23H31NO5/c1-7-28-18-14-15-10-11-23(26-5,27-6)21-22(15,12-13-24(2)3)19-16(18)8-9-17(25-4)20(19)29-21/h8-10,14,21H,7,11-13H2,1-6H3/t21-,22+/m1/s1. The Balaban J connectivity index is 2.01. The minimum Gasteiger partial charge on any atom is -0.493 e. The number of benzene rings is 1. The van der Waals surface area contributed by atoms with E-state index >= 15 is 0 Å². The molecule has 2 atom stereocenters. The van der Waals surface area contributed by atoms with Gasteiger partial charge in [-0.25, -0.2) is 0 Å². The molecule has 1 aromatic rings. The molecule has 0 N–H and O–H groups in total. The molecule has 0 saturated carbocycles. The summed E-state index contributed by atoms with van der Waals surface area (Å²) in [5.41, 5.74) is 2.99. The Morgan fingerprint density at radius 2 is 1.93 bits per heavy atom. The zero-order chi connectivity index (χ0) is 20.8. The van der Waals surface area contributed by atoms with Gasteiger partial charge in [0.05, 0.1) is 19.1 Å². The summed E-state index contributed by atoms with van der Waals surface area (Å²) in [6.07, 6.45) is 5.54. The Morgan fingerprint density at radius 3 is 2.55 bits per heavy atom. The molecule has 158 valence electrons. The second-order valence-corrected chi connectivity index (χ2v) is 8.07. The van der Waals surface area contributed by atoms with E-state index in [0.29, 0.717) is 13.0 Å². The van der Waals surface area contributed by atoms with Crippen molar-refractivity contribution in [3.8, 4) is 11.5 Å². The van der Waals surface area contributed by atoms with Crippen molar-refractivity contribution < 1.29 is 23.7 Å². The maximum Gasteiger partial charge on any atom is 0.210 e. The van der Waals surface area contributed by atoms with Gasteiger partial charge in [-0.15, -0.1) is 0 Å². The van der Waals surface area contributed by atoms with E-state index in [2.05, 4.69) is 37.2 Å². The van der Waals surface area contributed by atoms with Gasteiger partial charge in [0.25, 0.3) is 0 Å². The average Bonchev–Trinajstić information content (AvgIpc) is 3.09. The quantitative estimate of drug-likeness (QED) is 0.623. The lowest BCUT2D eigenvalue weighted by Crippen LogP contribution is -2.60. The summed E-state index contributed by atoms with van der Waals surface area (Å²) in [7, 11) is 9.24. The Kier molecular flexibility index (Phi) is 5.13. The summed E-state index contributed by atoms with van der Waals surface area (Å²) >= 11 is 0. The van der Waals surface area contributed by atoms with Gasteiger partial charge in [-0.3, -0.25) is 0 Å². The third-order valence-electron chi connectivity index (χ3n) is 6.49. The zero-order valence-electron chi connectivity index (χ0n) is 18.2. The molecule has 0 bridgehead atoms. The van der Waals surface area contributed by atoms with Crippen molar-refractivity contribution in [1.82, 2.24) is 4.90 Å². The minimum atomic E-state index is -0.867. The van der Waals surface area contributed by atoms with Gasteiger partial charge in [-0.2, -0.15) is 0 Å². The van der Waals surface area contributed by atoms with E-state index in [-0.39, 0.29) is 6.10 Å². The first kappa shape index (κ1) is 20.3. The third kappa shape index (κ3) is 2.73. The van der Waals surface area contributed by atoms with E-state index in [4.69, 9.17) is 23.7 Å². The number of methoxy groups -OCH3 is 3. The van der Waals surface area contributed by atoms with E-state index in [0.717, 1.165) is 41.4 Å². The van der Waals surface area contributed by atoms with Crippen LogP contribution in [0.3, 0.4) is 0 Å². The van der Waals surface area contributed by atoms with Crippen molar-refractivity contribution in [2.75, 3.05) is 48.6 Å². The molecule has 0 amide bonds. The molecule has 4 rings (SSSR count). The van der Waals surface area contributed by atoms with Crippen LogP contribution >= 0.6 is 0 Å². The SMILES string of the molecule is CCOC1=CC2=CCC(OC)(OC)[C@@H]3Oc4c(OC)ccc1c4[C@]23CCN(C)C. The smallest absolute Gasteiger partial charge is 0.210 e. The van der Waals surface area contributed by atoms with Gasteiger partial charge in [0.1, 0.15) is 5.76 Å². The van der Waals surface area contributed by atoms with Crippen molar-refractivity contribution in [3.63, 3.8) is 0 Å². The van der Waals surface area contributed by atoms with Crippen molar-refractivity contribution in [3.05, 3.63) is 41.0 Å². The molecule has 0 radical (unpaired) electrons. The predicted octanol–water partition coefficient (Wildman–Crippen LogP) is 3.36. The maximum absolute atomic E-state index is 6.66. The molecule has 6 nitrogen and oxygen atoms in total. The molecule has 6 heteroatoms. The zero-order valence-corrected chi connectivity index (χ0v) is 18.2. The highest BCUT2D eigenvalue weighted by atomic mass is 16.7. The molecule has 0 spiro atoms. The fourth-order valence-corrected chi connectivity index (χ4v) is 5.09. The van der Waals surface area contributed by atoms with Gasteiger partial charge < -0.3 is 28.6 Å². The van der Waals surface area contributed by atoms with Crippen LogP contribution in [0.25, 0.3) is 5.76 Å². The summed E-state index contributed by atoms with van der Waals surface area (Å²) in [4.78, 5) is 2.20. The Hall–Kier alpha value is -2.02. The van der Waals surface area contributed by atoms with Crippen molar-refractivity contribution in [1.29, 1.82) is 0 Å². The van der Waals surface area contributed by atoms with Crippen LogP contribution in [0.5, 0.6) is 11.5 Å². The van der Waals surface area contributed by atoms with Crippen LogP contribution in [-0.2, 0) is 19.6 Å². The number of hydrogen-bond acceptors (Lipinski definition) is 6. The third-order valence-corrected chi connectivity index (χ3v) is 6.49. The van der Waals surface area contributed by atoms with Crippen LogP contribution in [0.4, 0.5) is 0 Å². The first-order chi connectivity index (χ1) is 14.0. The number of nitrogens with zero attached hydrogens (tertiary/aromatic N) is 1. The summed E-state index contributed by atoms with van der Waals surface area (Å²) < 4.78 is 30.3. The number of hydrogen-bond donors (Lipinski definition) is 0. The van der Waals surface area contributed by atoms with Crippen molar-refractivity contribution >= 4 is 5.76 Å². The van der Waals surface area contributed by atoms with E-state index in [1.165, 1.54) is 5.57 Å². The van der Waals surface area contributed by atoms with Crippen LogP contribution in [-0.4, -0.2) is 65.4 Å². The van der Waals surface area contributed by atoms with Gasteiger partial charge in [-0.1, -0.05) is 6.08 Å². The van der Waals surface area contributed by atoms with Crippen LogP contribution in [0.2, 0.25) is 0 Å². The number of allylic oxidation sites excluding steroid dienone is 1. The van der Waals surface area contributed by atoms with Gasteiger partial charge in [0.2, 0.25) is 5.79 Å². The Morgan fingerprint density at radius 1 is 1.17 bits per heavy atom. The first-order valence-corrected chi connectivity index (χ1v) is 10.2. The second kappa shape index (κ2) is 7.35. The van der Waals surface area contributed by atoms with Gasteiger partial charge in [-0.05, 0) is 57.8 Å². The van der Waals surface area contributed by atoms with Crippen LogP contribution in [0, 0.1) is 0 Å². The van der Waals surface area contributed by atoms with Crippen LogP contribution < -0.4 is 9.47 Å². The Bertz CT molecular complexity index is 855. The van der Waals surface area contributed by atoms with Crippen LogP contribution in [0.15, 0.2) is 29.9 Å². The molecule has 0 unspecified atom stereocenters. The molecule has 29 heavy (non-hydrogen) atoms. The lowest BCUT2D eigenvalue weighted by Gasteiger charge is -2.49. The van der Waals surface area contributed by atoms with E-state index in [1.807, 2.05) is 13.0 Å². The molecular formula is C23H31NO5. The van der Waals surface area contributed by atoms with E-state index in [1.54, 1.807) is 21.3 Å². The second-order valence-electron chi connectivity index (χ2n) is 8.07. The summed E-state index contributed by atoms with van der Waals surface area (Å²) in [5.74, 6) is 1.50. The van der Waals surface area contributed by atoms with Gasteiger partial charge >= 0.3 is 0 Å². The molecule has 3 aliphatic rings. The van der Waals surface area contributed by atoms with Crippen LogP contribution in [0.1, 0.15) is 30.9 Å². The van der Waals surface area contributed by atoms with Crippen molar-refractivity contribution in [2.24, 2.45) is 0 Å². The maximum atomic E-state index is 6.66. The highest BCUT2D eigenvalue weighted by molar-refractivity contribution is 5.80. The molecule has 2 aliphatic carbocycles.